The lowest BCUT2D eigenvalue weighted by Gasteiger charge is -2.33. The zero-order valence-corrected chi connectivity index (χ0v) is 15.1. The molecular formula is C21H29N2O2+. The maximum atomic E-state index is 13.1. The fourth-order valence-electron chi connectivity index (χ4n) is 3.34. The Kier molecular flexibility index (Phi) is 5.71. The number of hydrogen-bond donors (Lipinski definition) is 1. The fourth-order valence-corrected chi connectivity index (χ4v) is 3.34. The Hall–Kier alpha value is -1.91. The van der Waals surface area contributed by atoms with Crippen LogP contribution in [0.2, 0.25) is 0 Å². The Bertz CT molecular complexity index is 659. The SMILES string of the molecule is CCCCCOc1ccc([N+]2(C(=O)C3CC3)C=C(CN)C=CC2)cc1. The number of ether oxygens (including phenoxy) is 1. The highest BCUT2D eigenvalue weighted by molar-refractivity contribution is 5.94. The van der Waals surface area contributed by atoms with Gasteiger partial charge in [0, 0.05) is 24.3 Å². The first-order valence-electron chi connectivity index (χ1n) is 9.43. The lowest BCUT2D eigenvalue weighted by atomic mass is 10.1. The highest BCUT2D eigenvalue weighted by Gasteiger charge is 2.47. The topological polar surface area (TPSA) is 52.3 Å². The van der Waals surface area contributed by atoms with Crippen LogP contribution in [0.4, 0.5) is 5.69 Å². The molecule has 0 saturated heterocycles. The van der Waals surface area contributed by atoms with E-state index in [1.807, 2.05) is 36.5 Å². The van der Waals surface area contributed by atoms with Gasteiger partial charge < -0.3 is 10.5 Å². The quantitative estimate of drug-likeness (QED) is 0.576. The highest BCUT2D eigenvalue weighted by Crippen LogP contribution is 2.39. The van der Waals surface area contributed by atoms with Gasteiger partial charge in [0.1, 0.15) is 24.2 Å². The number of quaternary nitrogens is 1. The van der Waals surface area contributed by atoms with Crippen molar-refractivity contribution in [1.82, 2.24) is 4.48 Å². The normalized spacial score (nSPS) is 22.6. The lowest BCUT2D eigenvalue weighted by molar-refractivity contribution is -0.129. The van der Waals surface area contributed by atoms with Crippen molar-refractivity contribution in [3.05, 3.63) is 48.2 Å². The average molecular weight is 341 g/mol. The number of carbonyl (C=O) groups is 1. The van der Waals surface area contributed by atoms with Gasteiger partial charge in [-0.1, -0.05) is 25.8 Å². The number of carbonyl (C=O) groups excluding carboxylic acids is 1. The minimum absolute atomic E-state index is 0.187. The summed E-state index contributed by atoms with van der Waals surface area (Å²) in [6.45, 7) is 4.04. The molecule has 0 aromatic heterocycles. The van der Waals surface area contributed by atoms with Gasteiger partial charge in [-0.25, -0.2) is 4.79 Å². The third-order valence-electron chi connectivity index (χ3n) is 4.98. The zero-order chi connectivity index (χ0) is 17.7. The Morgan fingerprint density at radius 1 is 1.24 bits per heavy atom. The molecule has 1 aliphatic carbocycles. The second kappa shape index (κ2) is 7.98. The predicted octanol–water partition coefficient (Wildman–Crippen LogP) is 3.91. The molecule has 1 amide bonds. The smallest absolute Gasteiger partial charge is 0.326 e. The van der Waals surface area contributed by atoms with Gasteiger partial charge in [-0.3, -0.25) is 0 Å². The van der Waals surface area contributed by atoms with Crippen LogP contribution in [-0.2, 0) is 4.79 Å². The minimum Gasteiger partial charge on any atom is -0.494 e. The third-order valence-corrected chi connectivity index (χ3v) is 4.98. The van der Waals surface area contributed by atoms with Crippen molar-refractivity contribution in [1.29, 1.82) is 0 Å². The van der Waals surface area contributed by atoms with Crippen LogP contribution in [0.25, 0.3) is 0 Å². The van der Waals surface area contributed by atoms with Crippen LogP contribution in [0.5, 0.6) is 5.75 Å². The predicted molar refractivity (Wildman–Crippen MR) is 102 cm³/mol. The van der Waals surface area contributed by atoms with Crippen LogP contribution in [0.1, 0.15) is 39.0 Å². The largest absolute Gasteiger partial charge is 0.494 e. The molecule has 1 aromatic carbocycles. The van der Waals surface area contributed by atoms with Crippen molar-refractivity contribution in [3.8, 4) is 5.75 Å². The Morgan fingerprint density at radius 2 is 2.00 bits per heavy atom. The number of benzene rings is 1. The summed E-state index contributed by atoms with van der Waals surface area (Å²) >= 11 is 0. The first-order valence-corrected chi connectivity index (χ1v) is 9.43. The average Bonchev–Trinajstić information content (AvgIpc) is 3.50. The molecule has 3 rings (SSSR count). The van der Waals surface area contributed by atoms with Gasteiger partial charge in [0.15, 0.2) is 0 Å². The molecule has 0 bridgehead atoms. The first-order chi connectivity index (χ1) is 12.2. The first kappa shape index (κ1) is 17.9. The Morgan fingerprint density at radius 3 is 2.64 bits per heavy atom. The van der Waals surface area contributed by atoms with E-state index in [-0.39, 0.29) is 16.3 Å². The van der Waals surface area contributed by atoms with Crippen molar-refractivity contribution in [3.63, 3.8) is 0 Å². The van der Waals surface area contributed by atoms with Gasteiger partial charge in [-0.2, -0.15) is 4.48 Å². The van der Waals surface area contributed by atoms with E-state index < -0.39 is 0 Å². The Labute approximate surface area is 150 Å². The second-order valence-electron chi connectivity index (χ2n) is 7.02. The molecule has 2 aliphatic rings. The molecule has 1 atom stereocenters. The molecule has 1 fully saturated rings. The van der Waals surface area contributed by atoms with Crippen molar-refractivity contribution in [2.75, 3.05) is 19.7 Å². The van der Waals surface area contributed by atoms with E-state index in [2.05, 4.69) is 13.0 Å². The molecule has 1 heterocycles. The molecule has 1 unspecified atom stereocenters. The summed E-state index contributed by atoms with van der Waals surface area (Å²) in [5.74, 6) is 1.34. The zero-order valence-electron chi connectivity index (χ0n) is 15.1. The summed E-state index contributed by atoms with van der Waals surface area (Å²) < 4.78 is 6.06. The van der Waals surface area contributed by atoms with E-state index in [1.54, 1.807) is 0 Å². The van der Waals surface area contributed by atoms with Crippen LogP contribution in [0.15, 0.2) is 48.2 Å². The highest BCUT2D eigenvalue weighted by atomic mass is 16.5. The van der Waals surface area contributed by atoms with Crippen LogP contribution in [-0.4, -0.2) is 25.6 Å². The van der Waals surface area contributed by atoms with E-state index in [0.29, 0.717) is 13.1 Å². The number of nitrogens with two attached hydrogens (primary N) is 1. The van der Waals surface area contributed by atoms with Crippen LogP contribution in [0, 0.1) is 5.92 Å². The maximum absolute atomic E-state index is 13.1. The number of unbranched alkanes of at least 4 members (excludes halogenated alkanes) is 2. The van der Waals surface area contributed by atoms with Crippen LogP contribution >= 0.6 is 0 Å². The summed E-state index contributed by atoms with van der Waals surface area (Å²) in [5.41, 5.74) is 7.84. The van der Waals surface area contributed by atoms with E-state index in [0.717, 1.165) is 42.9 Å². The molecule has 25 heavy (non-hydrogen) atoms. The maximum Gasteiger partial charge on any atom is 0.326 e. The van der Waals surface area contributed by atoms with E-state index in [9.17, 15) is 4.79 Å². The lowest BCUT2D eigenvalue weighted by Crippen LogP contribution is -2.52. The van der Waals surface area contributed by atoms with Gasteiger partial charge in [0.05, 0.1) is 12.5 Å². The van der Waals surface area contributed by atoms with E-state index in [1.165, 1.54) is 12.8 Å². The second-order valence-corrected chi connectivity index (χ2v) is 7.02. The van der Waals surface area contributed by atoms with Crippen molar-refractivity contribution >= 4 is 11.6 Å². The van der Waals surface area contributed by atoms with Gasteiger partial charge in [-0.05, 0) is 37.5 Å². The summed E-state index contributed by atoms with van der Waals surface area (Å²) in [6.07, 6.45) is 11.6. The van der Waals surface area contributed by atoms with Gasteiger partial charge >= 0.3 is 5.91 Å². The molecule has 4 nitrogen and oxygen atoms in total. The number of hydrogen-bond acceptors (Lipinski definition) is 3. The van der Waals surface area contributed by atoms with Crippen molar-refractivity contribution in [2.45, 2.75) is 39.0 Å². The molecule has 1 saturated carbocycles. The molecule has 1 aromatic rings. The fraction of sp³-hybridized carbons (Fsp3) is 0.476. The number of nitrogens with zero attached hydrogens (tertiary/aromatic N) is 1. The monoisotopic (exact) mass is 341 g/mol. The van der Waals surface area contributed by atoms with E-state index >= 15 is 0 Å². The van der Waals surface area contributed by atoms with Gasteiger partial charge in [0.25, 0.3) is 0 Å². The standard InChI is InChI=1S/C21H29N2O2/c1-2-3-4-14-25-20-11-9-19(10-12-20)23(21(24)18-7-8-18)13-5-6-17(15-22)16-23/h5-6,9-12,16,18H,2-4,7-8,13-15,22H2,1H3/q+1. The molecule has 0 radical (unpaired) electrons. The number of rotatable bonds is 8. The van der Waals surface area contributed by atoms with Crippen LogP contribution < -0.4 is 15.0 Å². The summed E-state index contributed by atoms with van der Waals surface area (Å²) in [4.78, 5) is 13.1. The Balaban J connectivity index is 1.81. The van der Waals surface area contributed by atoms with E-state index in [4.69, 9.17) is 10.5 Å². The van der Waals surface area contributed by atoms with Crippen LogP contribution in [0.3, 0.4) is 0 Å². The molecule has 4 heteroatoms. The van der Waals surface area contributed by atoms with Gasteiger partial charge in [0.2, 0.25) is 0 Å². The van der Waals surface area contributed by atoms with Crippen molar-refractivity contribution < 1.29 is 9.53 Å². The molecule has 2 N–H and O–H groups in total. The molecular weight excluding hydrogens is 312 g/mol. The summed E-state index contributed by atoms with van der Waals surface area (Å²) in [6, 6.07) is 8.02. The third kappa shape index (κ3) is 4.02. The van der Waals surface area contributed by atoms with Gasteiger partial charge in [-0.15, -0.1) is 0 Å². The van der Waals surface area contributed by atoms with Crippen molar-refractivity contribution in [2.24, 2.45) is 11.7 Å². The minimum atomic E-state index is 0.187. The number of amides is 1. The molecule has 1 aliphatic heterocycles. The summed E-state index contributed by atoms with van der Waals surface area (Å²) in [5, 5.41) is 0. The molecule has 134 valence electrons. The summed E-state index contributed by atoms with van der Waals surface area (Å²) in [7, 11) is 0. The molecule has 0 spiro atoms.